The number of nitrogens with zero attached hydrogens (tertiary/aromatic N) is 2. The molecule has 0 unspecified atom stereocenters. The van der Waals surface area contributed by atoms with Gasteiger partial charge in [0.1, 0.15) is 0 Å². The van der Waals surface area contributed by atoms with Crippen LogP contribution in [0.15, 0.2) is 12.4 Å². The van der Waals surface area contributed by atoms with Crippen molar-refractivity contribution in [2.24, 2.45) is 0 Å². The van der Waals surface area contributed by atoms with Crippen molar-refractivity contribution in [3.05, 3.63) is 18.0 Å². The standard InChI is InChI=1S/C12H22N4O/c1-10(2)16-12-14-8-11(9-15-12)7-13-5-3-4-6-17/h8-10,13,17H,3-7H2,1-2H3,(H,14,15,16). The van der Waals surface area contributed by atoms with Gasteiger partial charge in [0.05, 0.1) is 0 Å². The van der Waals surface area contributed by atoms with Gasteiger partial charge in [-0.05, 0) is 33.2 Å². The molecule has 0 spiro atoms. The zero-order chi connectivity index (χ0) is 12.5. The van der Waals surface area contributed by atoms with Gasteiger partial charge in [-0.3, -0.25) is 0 Å². The molecule has 0 amide bonds. The molecule has 1 aromatic heterocycles. The highest BCUT2D eigenvalue weighted by Crippen LogP contribution is 2.01. The number of aliphatic hydroxyl groups is 1. The first-order valence-electron chi connectivity index (χ1n) is 6.11. The average molecular weight is 238 g/mol. The molecule has 0 fully saturated rings. The van der Waals surface area contributed by atoms with Gasteiger partial charge in [0, 0.05) is 37.2 Å². The van der Waals surface area contributed by atoms with E-state index < -0.39 is 0 Å². The molecule has 5 nitrogen and oxygen atoms in total. The number of aromatic nitrogens is 2. The van der Waals surface area contributed by atoms with E-state index in [9.17, 15) is 0 Å². The van der Waals surface area contributed by atoms with Gasteiger partial charge in [0.15, 0.2) is 0 Å². The van der Waals surface area contributed by atoms with Crippen LogP contribution in [0.1, 0.15) is 32.3 Å². The van der Waals surface area contributed by atoms with E-state index in [1.165, 1.54) is 0 Å². The first-order chi connectivity index (χ1) is 8.22. The highest BCUT2D eigenvalue weighted by atomic mass is 16.2. The summed E-state index contributed by atoms with van der Waals surface area (Å²) in [5.41, 5.74) is 1.07. The first kappa shape index (κ1) is 13.9. The Bertz CT molecular complexity index is 300. The topological polar surface area (TPSA) is 70.1 Å². The second-order valence-corrected chi connectivity index (χ2v) is 4.32. The van der Waals surface area contributed by atoms with Crippen molar-refractivity contribution >= 4 is 5.95 Å². The molecule has 1 aromatic rings. The maximum Gasteiger partial charge on any atom is 0.222 e. The van der Waals surface area contributed by atoms with Crippen molar-refractivity contribution in [1.29, 1.82) is 0 Å². The summed E-state index contributed by atoms with van der Waals surface area (Å²) in [6.07, 6.45) is 5.50. The van der Waals surface area contributed by atoms with Crippen LogP contribution in [-0.4, -0.2) is 34.3 Å². The van der Waals surface area contributed by atoms with Crippen LogP contribution in [0.25, 0.3) is 0 Å². The van der Waals surface area contributed by atoms with Crippen molar-refractivity contribution in [3.63, 3.8) is 0 Å². The van der Waals surface area contributed by atoms with Crippen LogP contribution in [-0.2, 0) is 6.54 Å². The molecule has 0 atom stereocenters. The van der Waals surface area contributed by atoms with Crippen molar-refractivity contribution < 1.29 is 5.11 Å². The zero-order valence-corrected chi connectivity index (χ0v) is 10.6. The summed E-state index contributed by atoms with van der Waals surface area (Å²) in [6.45, 7) is 6.06. The molecule has 96 valence electrons. The minimum atomic E-state index is 0.264. The van der Waals surface area contributed by atoms with E-state index in [1.54, 1.807) is 0 Å². The number of rotatable bonds is 8. The quantitative estimate of drug-likeness (QED) is 0.593. The molecule has 1 rings (SSSR count). The predicted molar refractivity (Wildman–Crippen MR) is 68.8 cm³/mol. The van der Waals surface area contributed by atoms with E-state index >= 15 is 0 Å². The highest BCUT2D eigenvalue weighted by Gasteiger charge is 1.99. The third-order valence-corrected chi connectivity index (χ3v) is 2.21. The van der Waals surface area contributed by atoms with Crippen molar-refractivity contribution in [3.8, 4) is 0 Å². The van der Waals surface area contributed by atoms with Crippen LogP contribution in [0.4, 0.5) is 5.95 Å². The van der Waals surface area contributed by atoms with Crippen LogP contribution in [0.5, 0.6) is 0 Å². The molecule has 0 aliphatic heterocycles. The summed E-state index contributed by atoms with van der Waals surface area (Å²) in [4.78, 5) is 8.46. The van der Waals surface area contributed by atoms with Crippen molar-refractivity contribution in [2.75, 3.05) is 18.5 Å². The van der Waals surface area contributed by atoms with Gasteiger partial charge in [0.2, 0.25) is 5.95 Å². The number of unbranched alkanes of at least 4 members (excludes halogenated alkanes) is 1. The van der Waals surface area contributed by atoms with Gasteiger partial charge >= 0.3 is 0 Å². The van der Waals surface area contributed by atoms with Crippen molar-refractivity contribution in [2.45, 2.75) is 39.3 Å². The van der Waals surface area contributed by atoms with Crippen LogP contribution >= 0.6 is 0 Å². The number of aliphatic hydroxyl groups excluding tert-OH is 1. The minimum Gasteiger partial charge on any atom is -0.396 e. The summed E-state index contributed by atoms with van der Waals surface area (Å²) in [5.74, 6) is 0.670. The van der Waals surface area contributed by atoms with E-state index in [0.717, 1.165) is 31.5 Å². The Balaban J connectivity index is 2.25. The van der Waals surface area contributed by atoms with E-state index in [4.69, 9.17) is 5.11 Å². The summed E-state index contributed by atoms with van der Waals surface area (Å²) < 4.78 is 0. The number of nitrogens with one attached hydrogen (secondary N) is 2. The third-order valence-electron chi connectivity index (χ3n) is 2.21. The van der Waals surface area contributed by atoms with E-state index in [2.05, 4.69) is 34.4 Å². The van der Waals surface area contributed by atoms with E-state index in [1.807, 2.05) is 12.4 Å². The molecule has 5 heteroatoms. The van der Waals surface area contributed by atoms with Crippen LogP contribution < -0.4 is 10.6 Å². The van der Waals surface area contributed by atoms with Gasteiger partial charge in [-0.1, -0.05) is 0 Å². The molecular formula is C12H22N4O. The SMILES string of the molecule is CC(C)Nc1ncc(CNCCCCO)cn1. The minimum absolute atomic E-state index is 0.264. The Morgan fingerprint density at radius 2 is 1.94 bits per heavy atom. The molecule has 0 radical (unpaired) electrons. The Morgan fingerprint density at radius 3 is 2.53 bits per heavy atom. The lowest BCUT2D eigenvalue weighted by Gasteiger charge is -2.08. The van der Waals surface area contributed by atoms with Crippen molar-refractivity contribution in [1.82, 2.24) is 15.3 Å². The lowest BCUT2D eigenvalue weighted by atomic mass is 10.3. The maximum absolute atomic E-state index is 8.63. The Morgan fingerprint density at radius 1 is 1.24 bits per heavy atom. The number of hydrogen-bond acceptors (Lipinski definition) is 5. The summed E-state index contributed by atoms with van der Waals surface area (Å²) in [5, 5.41) is 15.1. The summed E-state index contributed by atoms with van der Waals surface area (Å²) >= 11 is 0. The Kier molecular flexibility index (Phi) is 6.50. The summed E-state index contributed by atoms with van der Waals surface area (Å²) in [6, 6.07) is 0.345. The third kappa shape index (κ3) is 6.19. The smallest absolute Gasteiger partial charge is 0.222 e. The van der Waals surface area contributed by atoms with Crippen LogP contribution in [0.2, 0.25) is 0 Å². The molecule has 0 saturated heterocycles. The van der Waals surface area contributed by atoms with Crippen LogP contribution in [0.3, 0.4) is 0 Å². The predicted octanol–water partition coefficient (Wildman–Crippen LogP) is 1.16. The lowest BCUT2D eigenvalue weighted by Crippen LogP contribution is -2.16. The summed E-state index contributed by atoms with van der Waals surface area (Å²) in [7, 11) is 0. The molecule has 1 heterocycles. The molecule has 17 heavy (non-hydrogen) atoms. The largest absolute Gasteiger partial charge is 0.396 e. The van der Waals surface area contributed by atoms with Gasteiger partial charge in [-0.15, -0.1) is 0 Å². The molecule has 0 bridgehead atoms. The van der Waals surface area contributed by atoms with Gasteiger partial charge < -0.3 is 15.7 Å². The van der Waals surface area contributed by atoms with E-state index in [0.29, 0.717) is 12.0 Å². The fourth-order valence-corrected chi connectivity index (χ4v) is 1.37. The van der Waals surface area contributed by atoms with E-state index in [-0.39, 0.29) is 6.61 Å². The molecule has 3 N–H and O–H groups in total. The first-order valence-corrected chi connectivity index (χ1v) is 6.11. The van der Waals surface area contributed by atoms with Gasteiger partial charge in [0.25, 0.3) is 0 Å². The number of anilines is 1. The monoisotopic (exact) mass is 238 g/mol. The Hall–Kier alpha value is -1.20. The molecular weight excluding hydrogens is 216 g/mol. The normalized spacial score (nSPS) is 10.8. The number of hydrogen-bond donors (Lipinski definition) is 3. The second kappa shape index (κ2) is 7.97. The molecule has 0 aliphatic rings. The van der Waals surface area contributed by atoms with Gasteiger partial charge in [-0.2, -0.15) is 0 Å². The molecule has 0 aliphatic carbocycles. The molecule has 0 aromatic carbocycles. The maximum atomic E-state index is 8.63. The zero-order valence-electron chi connectivity index (χ0n) is 10.6. The average Bonchev–Trinajstić information content (AvgIpc) is 2.30. The Labute approximate surface area is 103 Å². The highest BCUT2D eigenvalue weighted by molar-refractivity contribution is 5.25. The lowest BCUT2D eigenvalue weighted by molar-refractivity contribution is 0.283. The van der Waals surface area contributed by atoms with Crippen LogP contribution in [0, 0.1) is 0 Å². The fraction of sp³-hybridized carbons (Fsp3) is 0.667. The second-order valence-electron chi connectivity index (χ2n) is 4.32. The fourth-order valence-electron chi connectivity index (χ4n) is 1.37. The molecule has 0 saturated carbocycles. The van der Waals surface area contributed by atoms with Gasteiger partial charge in [-0.25, -0.2) is 9.97 Å².